The lowest BCUT2D eigenvalue weighted by molar-refractivity contribution is -0.255. The highest BCUT2D eigenvalue weighted by molar-refractivity contribution is 9.12. The van der Waals surface area contributed by atoms with Crippen molar-refractivity contribution < 1.29 is 19.5 Å². The molecule has 116 valence electrons. The van der Waals surface area contributed by atoms with Crippen LogP contribution in [0.4, 0.5) is 5.69 Å². The van der Waals surface area contributed by atoms with Crippen LogP contribution in [-0.2, 0) is 9.59 Å². The summed E-state index contributed by atoms with van der Waals surface area (Å²) in [6.07, 6.45) is 1.22. The van der Waals surface area contributed by atoms with Gasteiger partial charge in [0.1, 0.15) is 0 Å². The Bertz CT molecular complexity index is 617. The van der Waals surface area contributed by atoms with Crippen molar-refractivity contribution in [3.8, 4) is 0 Å². The molecule has 0 bridgehead atoms. The SMILES string of the molecule is O=C([O-])c1ccc(N2C(=O)[C@H]3C[C@@H](Br)[C@H](Br)C[C@H]3C2=O)cc1. The van der Waals surface area contributed by atoms with E-state index in [4.69, 9.17) is 0 Å². The second-order valence-electron chi connectivity index (χ2n) is 5.56. The summed E-state index contributed by atoms with van der Waals surface area (Å²) in [4.78, 5) is 37.4. The van der Waals surface area contributed by atoms with E-state index in [1.165, 1.54) is 29.2 Å². The van der Waals surface area contributed by atoms with Gasteiger partial charge in [-0.15, -0.1) is 0 Å². The number of fused-ring (bicyclic) bond motifs is 1. The van der Waals surface area contributed by atoms with Gasteiger partial charge in [-0.2, -0.15) is 0 Å². The number of carbonyl (C=O) groups is 3. The predicted molar refractivity (Wildman–Crippen MR) is 84.9 cm³/mol. The number of carboxylic acid groups (broad SMARTS) is 1. The number of carbonyl (C=O) groups excluding carboxylic acids is 3. The second kappa shape index (κ2) is 5.77. The molecule has 1 aromatic carbocycles. The molecule has 1 saturated carbocycles. The van der Waals surface area contributed by atoms with Gasteiger partial charge in [-0.25, -0.2) is 0 Å². The van der Waals surface area contributed by atoms with E-state index in [2.05, 4.69) is 31.9 Å². The summed E-state index contributed by atoms with van der Waals surface area (Å²) in [6, 6.07) is 5.62. The minimum atomic E-state index is -1.29. The molecule has 1 saturated heterocycles. The molecule has 22 heavy (non-hydrogen) atoms. The first kappa shape index (κ1) is 15.7. The van der Waals surface area contributed by atoms with Crippen molar-refractivity contribution in [2.75, 3.05) is 4.90 Å². The fraction of sp³-hybridized carbons (Fsp3) is 0.400. The summed E-state index contributed by atoms with van der Waals surface area (Å²) >= 11 is 7.08. The number of imide groups is 1. The molecule has 1 heterocycles. The molecule has 2 amide bonds. The van der Waals surface area contributed by atoms with Gasteiger partial charge in [0.05, 0.1) is 23.5 Å². The Morgan fingerprint density at radius 2 is 1.45 bits per heavy atom. The summed E-state index contributed by atoms with van der Waals surface area (Å²) in [7, 11) is 0. The van der Waals surface area contributed by atoms with Crippen LogP contribution in [0.2, 0.25) is 0 Å². The molecular formula is C15H12Br2NO4-. The van der Waals surface area contributed by atoms with Crippen molar-refractivity contribution in [1.29, 1.82) is 0 Å². The lowest BCUT2D eigenvalue weighted by Gasteiger charge is -2.29. The van der Waals surface area contributed by atoms with Gasteiger partial charge in [-0.3, -0.25) is 14.5 Å². The molecule has 2 fully saturated rings. The maximum atomic E-state index is 12.6. The molecule has 0 aromatic heterocycles. The lowest BCUT2D eigenvalue weighted by atomic mass is 9.81. The zero-order valence-corrected chi connectivity index (χ0v) is 14.5. The monoisotopic (exact) mass is 428 g/mol. The fourth-order valence-corrected chi connectivity index (χ4v) is 4.33. The fourth-order valence-electron chi connectivity index (χ4n) is 3.10. The van der Waals surface area contributed by atoms with Crippen LogP contribution in [-0.4, -0.2) is 27.4 Å². The Kier molecular flexibility index (Phi) is 4.11. The number of halogens is 2. The predicted octanol–water partition coefficient (Wildman–Crippen LogP) is 1.48. The number of carboxylic acids is 1. The molecule has 1 aliphatic carbocycles. The van der Waals surface area contributed by atoms with E-state index in [1.807, 2.05) is 0 Å². The van der Waals surface area contributed by atoms with Crippen LogP contribution < -0.4 is 10.0 Å². The van der Waals surface area contributed by atoms with Crippen LogP contribution in [0.5, 0.6) is 0 Å². The van der Waals surface area contributed by atoms with Crippen LogP contribution in [0.1, 0.15) is 23.2 Å². The molecule has 1 aromatic rings. The van der Waals surface area contributed by atoms with Crippen molar-refractivity contribution in [2.24, 2.45) is 11.8 Å². The van der Waals surface area contributed by atoms with Crippen molar-refractivity contribution in [3.05, 3.63) is 29.8 Å². The van der Waals surface area contributed by atoms with E-state index >= 15 is 0 Å². The number of hydrogen-bond donors (Lipinski definition) is 0. The van der Waals surface area contributed by atoms with Gasteiger partial charge in [0, 0.05) is 9.65 Å². The molecule has 0 spiro atoms. The van der Waals surface area contributed by atoms with Crippen molar-refractivity contribution in [1.82, 2.24) is 0 Å². The third-order valence-electron chi connectivity index (χ3n) is 4.27. The topological polar surface area (TPSA) is 77.5 Å². The molecule has 2 aliphatic rings. The number of alkyl halides is 2. The number of rotatable bonds is 2. The number of hydrogen-bond acceptors (Lipinski definition) is 4. The maximum Gasteiger partial charge on any atom is 0.237 e. The number of anilines is 1. The normalized spacial score (nSPS) is 31.3. The van der Waals surface area contributed by atoms with E-state index in [9.17, 15) is 19.5 Å². The van der Waals surface area contributed by atoms with Crippen molar-refractivity contribution >= 4 is 55.3 Å². The average molecular weight is 430 g/mol. The Hall–Kier alpha value is -1.21. The summed E-state index contributed by atoms with van der Waals surface area (Å²) < 4.78 is 0. The molecule has 0 radical (unpaired) electrons. The Morgan fingerprint density at radius 3 is 1.86 bits per heavy atom. The molecule has 3 rings (SSSR count). The number of amides is 2. The van der Waals surface area contributed by atoms with E-state index in [0.717, 1.165) is 0 Å². The van der Waals surface area contributed by atoms with E-state index in [0.29, 0.717) is 18.5 Å². The summed E-state index contributed by atoms with van der Waals surface area (Å²) in [5, 5.41) is 10.8. The van der Waals surface area contributed by atoms with E-state index < -0.39 is 5.97 Å². The van der Waals surface area contributed by atoms with Crippen LogP contribution >= 0.6 is 31.9 Å². The summed E-state index contributed by atoms with van der Waals surface area (Å²) in [5.74, 6) is -2.33. The third kappa shape index (κ3) is 2.50. The van der Waals surface area contributed by atoms with Gasteiger partial charge in [0.2, 0.25) is 11.8 Å². The number of aromatic carboxylic acids is 1. The van der Waals surface area contributed by atoms with E-state index in [1.54, 1.807) is 0 Å². The average Bonchev–Trinajstić information content (AvgIpc) is 2.72. The van der Waals surface area contributed by atoms with Gasteiger partial charge in [0.25, 0.3) is 0 Å². The highest BCUT2D eigenvalue weighted by atomic mass is 79.9. The largest absolute Gasteiger partial charge is 0.545 e. The minimum absolute atomic E-state index is 0.0151. The second-order valence-corrected chi connectivity index (χ2v) is 7.91. The number of nitrogens with zero attached hydrogens (tertiary/aromatic N) is 1. The molecule has 4 atom stereocenters. The Labute approximate surface area is 143 Å². The zero-order chi connectivity index (χ0) is 16.0. The zero-order valence-electron chi connectivity index (χ0n) is 11.4. The van der Waals surface area contributed by atoms with Crippen LogP contribution in [0.15, 0.2) is 24.3 Å². The number of benzene rings is 1. The highest BCUT2D eigenvalue weighted by Gasteiger charge is 2.52. The smallest absolute Gasteiger partial charge is 0.237 e. The Morgan fingerprint density at radius 1 is 1.00 bits per heavy atom. The van der Waals surface area contributed by atoms with Crippen molar-refractivity contribution in [2.45, 2.75) is 22.5 Å². The van der Waals surface area contributed by atoms with Gasteiger partial charge < -0.3 is 9.90 Å². The Balaban J connectivity index is 1.90. The first-order valence-electron chi connectivity index (χ1n) is 6.87. The molecule has 1 aliphatic heterocycles. The maximum absolute atomic E-state index is 12.6. The van der Waals surface area contributed by atoms with Gasteiger partial charge in [-0.05, 0) is 30.5 Å². The molecule has 7 heteroatoms. The van der Waals surface area contributed by atoms with Crippen LogP contribution in [0.3, 0.4) is 0 Å². The lowest BCUT2D eigenvalue weighted by Crippen LogP contribution is -2.34. The van der Waals surface area contributed by atoms with E-state index in [-0.39, 0.29) is 38.9 Å². The molecule has 5 nitrogen and oxygen atoms in total. The molecule has 0 N–H and O–H groups in total. The highest BCUT2D eigenvalue weighted by Crippen LogP contribution is 2.44. The molecule has 0 unspecified atom stereocenters. The van der Waals surface area contributed by atoms with Gasteiger partial charge >= 0.3 is 0 Å². The molecular weight excluding hydrogens is 418 g/mol. The third-order valence-corrected chi connectivity index (χ3v) is 7.01. The van der Waals surface area contributed by atoms with Crippen LogP contribution in [0, 0.1) is 11.8 Å². The first-order chi connectivity index (χ1) is 10.4. The van der Waals surface area contributed by atoms with Gasteiger partial charge in [-0.1, -0.05) is 44.0 Å². The minimum Gasteiger partial charge on any atom is -0.545 e. The summed E-state index contributed by atoms with van der Waals surface area (Å²) in [6.45, 7) is 0. The quantitative estimate of drug-likeness (QED) is 0.527. The summed E-state index contributed by atoms with van der Waals surface area (Å²) in [5.41, 5.74) is 0.424. The van der Waals surface area contributed by atoms with Crippen molar-refractivity contribution in [3.63, 3.8) is 0 Å². The van der Waals surface area contributed by atoms with Gasteiger partial charge in [0.15, 0.2) is 0 Å². The van der Waals surface area contributed by atoms with Crippen LogP contribution in [0.25, 0.3) is 0 Å². The standard InChI is InChI=1S/C15H13Br2NO4/c16-11-5-9-10(6-12(11)17)14(20)18(13(9)19)8-3-1-7(2-4-8)15(21)22/h1-4,9-12H,5-6H2,(H,21,22)/p-1/t9-,10+,11-,12-/m1/s1. The first-order valence-corrected chi connectivity index (χ1v) is 8.70.